The van der Waals surface area contributed by atoms with E-state index in [9.17, 15) is 25.2 Å². The highest BCUT2D eigenvalue weighted by Crippen LogP contribution is 2.43. The van der Waals surface area contributed by atoms with Gasteiger partial charge in [0.25, 0.3) is 0 Å². The Balaban J connectivity index is 1.84. The number of aliphatic hydroxyl groups excluding tert-OH is 1. The first-order valence-corrected chi connectivity index (χ1v) is 23.2. The molecule has 3 aliphatic rings. The van der Waals surface area contributed by atoms with Gasteiger partial charge >= 0.3 is 5.97 Å². The summed E-state index contributed by atoms with van der Waals surface area (Å²) in [6, 6.07) is 6.43. The van der Waals surface area contributed by atoms with Crippen LogP contribution in [0.15, 0.2) is 24.3 Å². The third kappa shape index (κ3) is 12.4. The van der Waals surface area contributed by atoms with E-state index in [1.165, 1.54) is 6.92 Å². The van der Waals surface area contributed by atoms with Gasteiger partial charge in [0.15, 0.2) is 18.7 Å². The summed E-state index contributed by atoms with van der Waals surface area (Å²) in [5, 5.41) is 58.3. The average molecular weight is 898 g/mol. The molecule has 0 bridgehead atoms. The highest BCUT2D eigenvalue weighted by atomic mass is 16.7. The van der Waals surface area contributed by atoms with Crippen molar-refractivity contribution in [1.82, 2.24) is 16.0 Å². The third-order valence-corrected chi connectivity index (χ3v) is 14.1. The number of ether oxygens (including phenoxy) is 8. The van der Waals surface area contributed by atoms with Crippen LogP contribution in [0, 0.1) is 17.8 Å². The first-order valence-electron chi connectivity index (χ1n) is 23.2. The highest BCUT2D eigenvalue weighted by molar-refractivity contribution is 5.73. The number of nitrogens with one attached hydrogen (secondary N) is 3. The van der Waals surface area contributed by atoms with Crippen molar-refractivity contribution in [1.29, 1.82) is 0 Å². The molecular formula is C47H83N3O13. The summed E-state index contributed by atoms with van der Waals surface area (Å²) in [4.78, 5) is 14.5. The molecule has 0 saturated carbocycles. The summed E-state index contributed by atoms with van der Waals surface area (Å²) in [6.45, 7) is 21.1. The molecule has 0 unspecified atom stereocenters. The normalized spacial score (nSPS) is 43.6. The van der Waals surface area contributed by atoms with E-state index in [4.69, 9.17) is 37.9 Å². The number of rotatable bonds is 14. The van der Waals surface area contributed by atoms with Gasteiger partial charge in [0.1, 0.15) is 40.5 Å². The Hall–Kier alpha value is -2.19. The smallest absolute Gasteiger partial charge is 0.311 e. The summed E-state index contributed by atoms with van der Waals surface area (Å²) < 4.78 is 51.4. The summed E-state index contributed by atoms with van der Waals surface area (Å²) in [7, 11) is 5.00. The molecule has 4 rings (SSSR count). The van der Waals surface area contributed by atoms with Gasteiger partial charge in [-0.05, 0) is 124 Å². The van der Waals surface area contributed by atoms with Crippen LogP contribution in [0.1, 0.15) is 108 Å². The van der Waals surface area contributed by atoms with Gasteiger partial charge in [0.05, 0.1) is 49.1 Å². The van der Waals surface area contributed by atoms with Gasteiger partial charge in [0, 0.05) is 32.0 Å². The standard InChI is InChI=1S/C47H83N3O13/c1-15-21-49-26-47(55)32(8)59-37(24-45(47,10)57-14)62-38-29(5)41(63-43-39(35(48-12)22-28(4)58-43)60-34-19-17-33(56-13)18-20-34)44(9,53)23-27(3)25-50-31(7)40(51)46(11,54)36(16-2)61-42(52)30(38)6/h17-20,27-32,35-41,43,48-51,53-55H,15-16,21-26H2,1-14H3/t27-,28-,29+,30-,31-,32+,35+,36-,37+,38+,39-,40-,41-,43+,44-,45-,46-,47+/m1/s1. The molecule has 0 spiro atoms. The molecule has 16 nitrogen and oxygen atoms in total. The number of hydrogen-bond donors (Lipinski definition) is 7. The molecule has 0 radical (unpaired) electrons. The maximum Gasteiger partial charge on any atom is 0.311 e. The largest absolute Gasteiger partial charge is 0.497 e. The first kappa shape index (κ1) is 53.4. The minimum atomic E-state index is -1.82. The van der Waals surface area contributed by atoms with Crippen molar-refractivity contribution < 1.29 is 63.1 Å². The van der Waals surface area contributed by atoms with Crippen LogP contribution in [0.25, 0.3) is 0 Å². The Bertz CT molecular complexity index is 1550. The van der Waals surface area contributed by atoms with E-state index in [1.54, 1.807) is 48.8 Å². The molecule has 1 aromatic rings. The zero-order chi connectivity index (χ0) is 47.1. The van der Waals surface area contributed by atoms with Crippen molar-refractivity contribution >= 4 is 5.97 Å². The molecule has 63 heavy (non-hydrogen) atoms. The van der Waals surface area contributed by atoms with Crippen LogP contribution < -0.4 is 25.4 Å². The maximum absolute atomic E-state index is 14.5. The van der Waals surface area contributed by atoms with Crippen molar-refractivity contribution in [2.75, 3.05) is 40.9 Å². The molecule has 364 valence electrons. The Morgan fingerprint density at radius 3 is 2.14 bits per heavy atom. The van der Waals surface area contributed by atoms with Gasteiger partial charge in [-0.15, -0.1) is 0 Å². The molecule has 1 aromatic carbocycles. The average Bonchev–Trinajstić information content (AvgIpc) is 3.24. The number of aliphatic hydroxyl groups is 4. The van der Waals surface area contributed by atoms with Crippen molar-refractivity contribution in [3.63, 3.8) is 0 Å². The van der Waals surface area contributed by atoms with Gasteiger partial charge in [-0.3, -0.25) is 4.79 Å². The van der Waals surface area contributed by atoms with Crippen molar-refractivity contribution in [2.45, 2.75) is 198 Å². The Morgan fingerprint density at radius 1 is 0.905 bits per heavy atom. The van der Waals surface area contributed by atoms with Gasteiger partial charge in [-0.25, -0.2) is 0 Å². The zero-order valence-electron chi connectivity index (χ0n) is 40.5. The summed E-state index contributed by atoms with van der Waals surface area (Å²) in [5.74, 6) is -1.43. The monoisotopic (exact) mass is 898 g/mol. The van der Waals surface area contributed by atoms with Crippen LogP contribution in [-0.2, 0) is 33.2 Å². The van der Waals surface area contributed by atoms with Crippen LogP contribution in [-0.4, -0.2) is 157 Å². The van der Waals surface area contributed by atoms with Gasteiger partial charge in [-0.1, -0.05) is 27.7 Å². The van der Waals surface area contributed by atoms with E-state index in [0.717, 1.165) is 6.42 Å². The quantitative estimate of drug-likeness (QED) is 0.105. The molecule has 3 heterocycles. The second kappa shape index (κ2) is 22.5. The molecule has 0 aliphatic carbocycles. The van der Waals surface area contributed by atoms with Crippen LogP contribution >= 0.6 is 0 Å². The van der Waals surface area contributed by atoms with Crippen LogP contribution in [0.4, 0.5) is 0 Å². The predicted molar refractivity (Wildman–Crippen MR) is 238 cm³/mol. The lowest BCUT2D eigenvalue weighted by atomic mass is 9.75. The predicted octanol–water partition coefficient (Wildman–Crippen LogP) is 3.68. The van der Waals surface area contributed by atoms with Crippen molar-refractivity contribution in [2.24, 2.45) is 17.8 Å². The highest BCUT2D eigenvalue weighted by Gasteiger charge is 2.58. The topological polar surface area (TPSA) is 208 Å². The van der Waals surface area contributed by atoms with E-state index in [2.05, 4.69) is 16.0 Å². The molecular weight excluding hydrogens is 815 g/mol. The molecule has 0 aromatic heterocycles. The fraction of sp³-hybridized carbons (Fsp3) is 0.851. The number of benzene rings is 1. The lowest BCUT2D eigenvalue weighted by molar-refractivity contribution is -0.335. The number of carbonyl (C=O) groups is 1. The minimum absolute atomic E-state index is 0.0923. The molecule has 0 amide bonds. The number of esters is 1. The fourth-order valence-corrected chi connectivity index (χ4v) is 9.94. The molecule has 3 aliphatic heterocycles. The van der Waals surface area contributed by atoms with Crippen LogP contribution in [0.2, 0.25) is 0 Å². The van der Waals surface area contributed by atoms with E-state index in [0.29, 0.717) is 31.0 Å². The summed E-state index contributed by atoms with van der Waals surface area (Å²) in [6.07, 6.45) is -6.20. The van der Waals surface area contributed by atoms with E-state index in [1.807, 2.05) is 65.9 Å². The van der Waals surface area contributed by atoms with Gasteiger partial charge in [-0.2, -0.15) is 0 Å². The molecule has 3 saturated heterocycles. The van der Waals surface area contributed by atoms with E-state index >= 15 is 0 Å². The second-order valence-corrected chi connectivity index (χ2v) is 19.3. The third-order valence-electron chi connectivity index (χ3n) is 14.1. The van der Waals surface area contributed by atoms with Gasteiger partial charge in [0.2, 0.25) is 0 Å². The lowest BCUT2D eigenvalue weighted by Crippen LogP contribution is -2.70. The minimum Gasteiger partial charge on any atom is -0.497 e. The van der Waals surface area contributed by atoms with Crippen LogP contribution in [0.5, 0.6) is 11.5 Å². The first-order chi connectivity index (χ1) is 29.5. The van der Waals surface area contributed by atoms with Gasteiger partial charge < -0.3 is 74.3 Å². The maximum atomic E-state index is 14.5. The molecule has 18 atom stereocenters. The van der Waals surface area contributed by atoms with E-state index < -0.39 is 95.5 Å². The van der Waals surface area contributed by atoms with E-state index in [-0.39, 0.29) is 43.9 Å². The zero-order valence-corrected chi connectivity index (χ0v) is 40.5. The Morgan fingerprint density at radius 2 is 1.56 bits per heavy atom. The lowest BCUT2D eigenvalue weighted by Gasteiger charge is -2.53. The van der Waals surface area contributed by atoms with Crippen molar-refractivity contribution in [3.05, 3.63) is 24.3 Å². The molecule has 7 N–H and O–H groups in total. The van der Waals surface area contributed by atoms with Crippen molar-refractivity contribution in [3.8, 4) is 11.5 Å². The fourth-order valence-electron chi connectivity index (χ4n) is 9.94. The number of carbonyl (C=O) groups excluding carboxylic acids is 1. The van der Waals surface area contributed by atoms with Crippen LogP contribution in [0.3, 0.4) is 0 Å². The Kier molecular flexibility index (Phi) is 19.1. The SMILES string of the molecule is CCCNC[C@]1(O)[C@H](C)O[C@@H](O[C@H]2[C@H](C)[C@@H](O[C@@H]3O[C@H](C)C[C@H](NC)[C@H]3Oc3ccc(OC)cc3)[C@](C)(O)C[C@@H](C)CN[C@H](C)[C@@H](O)[C@](C)(O)[C@@H](CC)OC(=O)[C@@H]2C)C[C@@]1(C)OC. The number of hydrogen-bond acceptors (Lipinski definition) is 16. The number of cyclic esters (lactones) is 1. The Labute approximate surface area is 376 Å². The summed E-state index contributed by atoms with van der Waals surface area (Å²) >= 11 is 0. The second-order valence-electron chi connectivity index (χ2n) is 19.3. The number of likely N-dealkylation sites (N-methyl/N-ethyl adjacent to an activating group) is 1. The number of methoxy groups -OCH3 is 2. The molecule has 3 fully saturated rings. The summed E-state index contributed by atoms with van der Waals surface area (Å²) in [5.41, 5.74) is -5.99. The molecule has 16 heteroatoms.